The van der Waals surface area contributed by atoms with E-state index in [9.17, 15) is 19.5 Å². The van der Waals surface area contributed by atoms with Crippen molar-refractivity contribution in [2.24, 2.45) is 22.2 Å². The van der Waals surface area contributed by atoms with Gasteiger partial charge in [0.25, 0.3) is 0 Å². The van der Waals surface area contributed by atoms with Gasteiger partial charge in [0.2, 0.25) is 0 Å². The Morgan fingerprint density at radius 3 is 2.35 bits per heavy atom. The van der Waals surface area contributed by atoms with Crippen LogP contribution in [0.5, 0.6) is 0 Å². The Kier molecular flexibility index (Phi) is 4.32. The first-order chi connectivity index (χ1) is 11.7. The van der Waals surface area contributed by atoms with E-state index < -0.39 is 39.7 Å². The molecule has 1 spiro atoms. The Labute approximate surface area is 168 Å². The zero-order valence-electron chi connectivity index (χ0n) is 16.2. The van der Waals surface area contributed by atoms with E-state index in [0.717, 1.165) is 0 Å². The van der Waals surface area contributed by atoms with Gasteiger partial charge in [-0.15, -0.1) is 0 Å². The summed E-state index contributed by atoms with van der Waals surface area (Å²) in [6.45, 7) is 10.5. The lowest BCUT2D eigenvalue weighted by Crippen LogP contribution is -2.67. The van der Waals surface area contributed by atoms with E-state index in [2.05, 4.69) is 0 Å². The molecular weight excluding hydrogens is 447 g/mol. The fourth-order valence-corrected chi connectivity index (χ4v) is 5.98. The van der Waals surface area contributed by atoms with Crippen molar-refractivity contribution in [3.05, 3.63) is 9.34 Å². The number of hydrogen-bond acceptors (Lipinski definition) is 5. The van der Waals surface area contributed by atoms with Gasteiger partial charge in [-0.25, -0.2) is 0 Å². The standard InChI is InChI=1S/C20H27IO5/c1-10(2)13(22)20-14(23)12(21)15-19(16(20)24,8-7-17(20,3)4)9-11(26-15)18(5,6)25/h10-11,25H,7-9H2,1-6H3/t11-,19+,20+/m1/s1. The number of carbonyl (C=O) groups is 3. The Bertz CT molecular complexity index is 742. The van der Waals surface area contributed by atoms with E-state index in [0.29, 0.717) is 28.6 Å². The largest absolute Gasteiger partial charge is 0.489 e. The van der Waals surface area contributed by atoms with Gasteiger partial charge in [-0.3, -0.25) is 14.4 Å². The van der Waals surface area contributed by atoms with Crippen LogP contribution in [0.3, 0.4) is 0 Å². The number of fused-ring (bicyclic) bond motifs is 1. The Balaban J connectivity index is 2.29. The van der Waals surface area contributed by atoms with Crippen LogP contribution in [-0.4, -0.2) is 34.2 Å². The molecule has 2 aliphatic carbocycles. The molecule has 0 unspecified atom stereocenters. The van der Waals surface area contributed by atoms with Crippen LogP contribution in [0, 0.1) is 22.2 Å². The molecule has 0 aromatic carbocycles. The summed E-state index contributed by atoms with van der Waals surface area (Å²) in [5, 5.41) is 10.4. The maximum atomic E-state index is 13.9. The van der Waals surface area contributed by atoms with Gasteiger partial charge in [0.05, 0.1) is 14.6 Å². The molecular formula is C20H27IO5. The Morgan fingerprint density at radius 2 is 1.85 bits per heavy atom. The zero-order valence-corrected chi connectivity index (χ0v) is 18.4. The van der Waals surface area contributed by atoms with E-state index in [1.165, 1.54) is 0 Å². The van der Waals surface area contributed by atoms with Gasteiger partial charge in [-0.2, -0.15) is 0 Å². The van der Waals surface area contributed by atoms with Crippen LogP contribution >= 0.6 is 22.6 Å². The molecule has 3 atom stereocenters. The second kappa shape index (κ2) is 5.63. The molecule has 26 heavy (non-hydrogen) atoms. The number of aliphatic hydroxyl groups is 1. The monoisotopic (exact) mass is 474 g/mol. The smallest absolute Gasteiger partial charge is 0.193 e. The van der Waals surface area contributed by atoms with Gasteiger partial charge < -0.3 is 9.84 Å². The van der Waals surface area contributed by atoms with Gasteiger partial charge in [-0.1, -0.05) is 27.7 Å². The van der Waals surface area contributed by atoms with Crippen molar-refractivity contribution in [3.63, 3.8) is 0 Å². The van der Waals surface area contributed by atoms with Crippen LogP contribution in [0.4, 0.5) is 0 Å². The quantitative estimate of drug-likeness (QED) is 0.501. The molecule has 1 saturated heterocycles. The SMILES string of the molecule is CC(C)C(=O)[C@@]12C(=O)C(I)=C3O[C@@H](C(C)(C)O)C[C@]3(CCC1(C)C)C2=O. The van der Waals surface area contributed by atoms with Gasteiger partial charge >= 0.3 is 0 Å². The molecule has 1 aliphatic heterocycles. The summed E-state index contributed by atoms with van der Waals surface area (Å²) >= 11 is 1.93. The molecule has 1 N–H and O–H groups in total. The summed E-state index contributed by atoms with van der Waals surface area (Å²) in [5.74, 6) is -1.07. The second-order valence-electron chi connectivity index (χ2n) is 9.50. The van der Waals surface area contributed by atoms with Gasteiger partial charge in [-0.05, 0) is 54.7 Å². The van der Waals surface area contributed by atoms with Gasteiger partial charge in [0.1, 0.15) is 11.9 Å². The molecule has 6 heteroatoms. The number of halogens is 1. The minimum Gasteiger partial charge on any atom is -0.489 e. The van der Waals surface area contributed by atoms with E-state index >= 15 is 0 Å². The molecule has 5 nitrogen and oxygen atoms in total. The number of Topliss-reactive ketones (excluding diaryl/α,β-unsaturated/α-hetero) is 3. The summed E-state index contributed by atoms with van der Waals surface area (Å²) < 4.78 is 6.33. The predicted molar refractivity (Wildman–Crippen MR) is 105 cm³/mol. The lowest BCUT2D eigenvalue weighted by molar-refractivity contribution is -0.169. The number of ether oxygens (including phenoxy) is 1. The third-order valence-electron chi connectivity index (χ3n) is 6.62. The average molecular weight is 474 g/mol. The summed E-state index contributed by atoms with van der Waals surface area (Å²) in [6, 6.07) is 0. The highest BCUT2D eigenvalue weighted by molar-refractivity contribution is 14.1. The van der Waals surface area contributed by atoms with Crippen LogP contribution in [0.25, 0.3) is 0 Å². The van der Waals surface area contributed by atoms with Crippen molar-refractivity contribution < 1.29 is 24.2 Å². The Morgan fingerprint density at radius 1 is 1.27 bits per heavy atom. The van der Waals surface area contributed by atoms with Crippen molar-refractivity contribution in [2.75, 3.05) is 0 Å². The Hall–Kier alpha value is -0.760. The number of carbonyl (C=O) groups excluding carboxylic acids is 3. The van der Waals surface area contributed by atoms with Crippen molar-refractivity contribution >= 4 is 39.9 Å². The minimum absolute atomic E-state index is 0.295. The zero-order chi connectivity index (χ0) is 19.9. The highest BCUT2D eigenvalue weighted by atomic mass is 127. The molecule has 0 aromatic rings. The summed E-state index contributed by atoms with van der Waals surface area (Å²) in [5.41, 5.74) is -4.52. The van der Waals surface area contributed by atoms with Crippen molar-refractivity contribution in [3.8, 4) is 0 Å². The molecule has 0 amide bonds. The maximum absolute atomic E-state index is 13.9. The molecule has 3 rings (SSSR count). The first kappa shape index (κ1) is 20.0. The summed E-state index contributed by atoms with van der Waals surface area (Å²) in [4.78, 5) is 40.7. The predicted octanol–water partition coefficient (Wildman–Crippen LogP) is 3.36. The van der Waals surface area contributed by atoms with Crippen LogP contribution in [-0.2, 0) is 19.1 Å². The first-order valence-electron chi connectivity index (χ1n) is 9.17. The van der Waals surface area contributed by atoms with Crippen molar-refractivity contribution in [1.29, 1.82) is 0 Å². The molecule has 1 saturated carbocycles. The third-order valence-corrected chi connectivity index (χ3v) is 7.60. The number of ketones is 3. The normalized spacial score (nSPS) is 36.3. The minimum atomic E-state index is -1.66. The maximum Gasteiger partial charge on any atom is 0.193 e. The second-order valence-corrected chi connectivity index (χ2v) is 10.6. The van der Waals surface area contributed by atoms with Gasteiger partial charge in [0, 0.05) is 12.3 Å². The van der Waals surface area contributed by atoms with E-state index in [-0.39, 0.29) is 11.6 Å². The summed E-state index contributed by atoms with van der Waals surface area (Å²) in [7, 11) is 0. The lowest BCUT2D eigenvalue weighted by Gasteiger charge is -2.54. The lowest BCUT2D eigenvalue weighted by atomic mass is 9.43. The molecule has 1 heterocycles. The average Bonchev–Trinajstić information content (AvgIpc) is 2.91. The molecule has 144 valence electrons. The fourth-order valence-electron chi connectivity index (χ4n) is 4.93. The molecule has 3 aliphatic rings. The number of allylic oxidation sites excluding steroid dienone is 2. The van der Waals surface area contributed by atoms with E-state index in [1.807, 2.05) is 36.4 Å². The fraction of sp³-hybridized carbons (Fsp3) is 0.750. The van der Waals surface area contributed by atoms with Crippen LogP contribution < -0.4 is 0 Å². The number of rotatable bonds is 3. The van der Waals surface area contributed by atoms with Crippen molar-refractivity contribution in [2.45, 2.75) is 72.5 Å². The highest BCUT2D eigenvalue weighted by Crippen LogP contribution is 2.66. The van der Waals surface area contributed by atoms with Crippen LogP contribution in [0.15, 0.2) is 9.34 Å². The van der Waals surface area contributed by atoms with E-state index in [1.54, 1.807) is 27.7 Å². The molecule has 2 fully saturated rings. The molecule has 0 radical (unpaired) electrons. The summed E-state index contributed by atoms with van der Waals surface area (Å²) in [6.07, 6.45) is 0.852. The first-order valence-corrected chi connectivity index (χ1v) is 10.2. The highest BCUT2D eigenvalue weighted by Gasteiger charge is 2.75. The van der Waals surface area contributed by atoms with Gasteiger partial charge in [0.15, 0.2) is 22.8 Å². The molecule has 0 aromatic heterocycles. The molecule has 2 bridgehead atoms. The number of hydrogen-bond donors (Lipinski definition) is 1. The third kappa shape index (κ3) is 2.20. The topological polar surface area (TPSA) is 80.7 Å². The van der Waals surface area contributed by atoms with Crippen molar-refractivity contribution in [1.82, 2.24) is 0 Å². The van der Waals surface area contributed by atoms with E-state index in [4.69, 9.17) is 4.74 Å². The van der Waals surface area contributed by atoms with Crippen LogP contribution in [0.1, 0.15) is 60.8 Å². The van der Waals surface area contributed by atoms with Crippen LogP contribution in [0.2, 0.25) is 0 Å².